The summed E-state index contributed by atoms with van der Waals surface area (Å²) in [5, 5.41) is 10.2. The van der Waals surface area contributed by atoms with Gasteiger partial charge in [-0.25, -0.2) is 0 Å². The van der Waals surface area contributed by atoms with E-state index in [1.807, 2.05) is 0 Å². The van der Waals surface area contributed by atoms with Gasteiger partial charge in [-0.2, -0.15) is 0 Å². The first-order valence-corrected chi connectivity index (χ1v) is 21.8. The summed E-state index contributed by atoms with van der Waals surface area (Å²) in [7, 11) is 0. The fraction of sp³-hybridized carbons (Fsp3) is 0.276. The fourth-order valence-corrected chi connectivity index (χ4v) is 9.53. The zero-order valence-corrected chi connectivity index (χ0v) is 36.2. The largest absolute Gasteiger partial charge is 0.396 e. The smallest absolute Gasteiger partial charge is 0.0434 e. The molecule has 0 bridgehead atoms. The monoisotopic (exact) mass is 774 g/mol. The Hall–Kier alpha value is -5.50. The van der Waals surface area contributed by atoms with Gasteiger partial charge in [-0.05, 0) is 85.2 Å². The lowest BCUT2D eigenvalue weighted by molar-refractivity contribution is 0.288. The molecule has 0 aliphatic rings. The van der Waals surface area contributed by atoms with Crippen LogP contribution in [0.25, 0.3) is 0 Å². The van der Waals surface area contributed by atoms with Crippen molar-refractivity contribution in [3.63, 3.8) is 0 Å². The van der Waals surface area contributed by atoms with Crippen molar-refractivity contribution in [3.8, 4) is 0 Å². The van der Waals surface area contributed by atoms with Crippen molar-refractivity contribution < 1.29 is 5.11 Å². The van der Waals surface area contributed by atoms with Crippen molar-refractivity contribution in [1.29, 1.82) is 0 Å². The second kappa shape index (κ2) is 18.6. The zero-order chi connectivity index (χ0) is 41.5. The lowest BCUT2D eigenvalue weighted by atomic mass is 9.66. The molecule has 59 heavy (non-hydrogen) atoms. The molecule has 7 rings (SSSR count). The van der Waals surface area contributed by atoms with Crippen LogP contribution in [-0.4, -0.2) is 11.7 Å². The molecular weight excluding hydrogens is 713 g/mol. The van der Waals surface area contributed by atoms with Gasteiger partial charge in [0.15, 0.2) is 0 Å². The van der Waals surface area contributed by atoms with Gasteiger partial charge in [0.1, 0.15) is 0 Å². The highest BCUT2D eigenvalue weighted by Crippen LogP contribution is 2.48. The summed E-state index contributed by atoms with van der Waals surface area (Å²) in [5.74, 6) is 0.872. The minimum Gasteiger partial charge on any atom is -0.396 e. The summed E-state index contributed by atoms with van der Waals surface area (Å²) < 4.78 is 0. The van der Waals surface area contributed by atoms with Gasteiger partial charge in [0.2, 0.25) is 0 Å². The average molecular weight is 775 g/mol. The SMILES string of the molecule is CC(c1ccccc1)c1cc(C(C)c2ccccc2)c(C(C)(C)c2cc(C(C)c3ccccc3)c(CCCO)c(C(C)c3ccccc3)c2)c(C(C)c2ccccc2)c1. The number of rotatable bonds is 15. The van der Waals surface area contributed by atoms with E-state index in [1.165, 1.54) is 72.3 Å². The molecule has 0 aliphatic heterocycles. The van der Waals surface area contributed by atoms with E-state index in [0.717, 1.165) is 12.8 Å². The van der Waals surface area contributed by atoms with E-state index in [-0.39, 0.29) is 36.2 Å². The van der Waals surface area contributed by atoms with Gasteiger partial charge in [-0.15, -0.1) is 0 Å². The van der Waals surface area contributed by atoms with E-state index in [0.29, 0.717) is 0 Å². The van der Waals surface area contributed by atoms with E-state index in [4.69, 9.17) is 0 Å². The van der Waals surface area contributed by atoms with E-state index in [2.05, 4.69) is 224 Å². The van der Waals surface area contributed by atoms with Crippen LogP contribution in [0.3, 0.4) is 0 Å². The van der Waals surface area contributed by atoms with Crippen LogP contribution in [0.2, 0.25) is 0 Å². The quantitative estimate of drug-likeness (QED) is 0.110. The van der Waals surface area contributed by atoms with Gasteiger partial charge in [0.25, 0.3) is 0 Å². The van der Waals surface area contributed by atoms with Crippen molar-refractivity contribution in [2.45, 2.75) is 96.3 Å². The Morgan fingerprint density at radius 1 is 0.390 bits per heavy atom. The van der Waals surface area contributed by atoms with E-state index in [9.17, 15) is 5.11 Å². The second-order valence-electron chi connectivity index (χ2n) is 17.3. The molecule has 0 saturated heterocycles. The third-order valence-electron chi connectivity index (χ3n) is 13.3. The number of hydrogen-bond acceptors (Lipinski definition) is 1. The molecule has 0 heterocycles. The van der Waals surface area contributed by atoms with Crippen molar-refractivity contribution >= 4 is 0 Å². The number of aliphatic hydroxyl groups excluding tert-OH is 1. The lowest BCUT2D eigenvalue weighted by Crippen LogP contribution is -2.27. The van der Waals surface area contributed by atoms with Crippen LogP contribution in [-0.2, 0) is 11.8 Å². The van der Waals surface area contributed by atoms with E-state index < -0.39 is 5.41 Å². The molecule has 0 aromatic heterocycles. The van der Waals surface area contributed by atoms with Crippen LogP contribution in [0.1, 0.15) is 157 Å². The Morgan fingerprint density at radius 2 is 0.695 bits per heavy atom. The first-order valence-electron chi connectivity index (χ1n) is 21.8. The summed E-state index contributed by atoms with van der Waals surface area (Å²) in [6, 6.07) is 65.2. The molecule has 0 amide bonds. The highest BCUT2D eigenvalue weighted by molar-refractivity contribution is 5.59. The van der Waals surface area contributed by atoms with Gasteiger partial charge in [-0.3, -0.25) is 0 Å². The summed E-state index contributed by atoms with van der Waals surface area (Å²) in [6.45, 7) is 17.0. The van der Waals surface area contributed by atoms with Crippen LogP contribution in [0.5, 0.6) is 0 Å². The highest BCUT2D eigenvalue weighted by atomic mass is 16.2. The second-order valence-corrected chi connectivity index (χ2v) is 17.3. The molecule has 0 aliphatic carbocycles. The van der Waals surface area contributed by atoms with Crippen LogP contribution in [0.15, 0.2) is 176 Å². The van der Waals surface area contributed by atoms with Gasteiger partial charge >= 0.3 is 0 Å². The molecule has 0 spiro atoms. The van der Waals surface area contributed by atoms with E-state index in [1.54, 1.807) is 0 Å². The Balaban J connectivity index is 1.55. The van der Waals surface area contributed by atoms with Crippen molar-refractivity contribution in [3.05, 3.63) is 248 Å². The van der Waals surface area contributed by atoms with Gasteiger partial charge in [0, 0.05) is 41.6 Å². The minimum atomic E-state index is -0.392. The Bertz CT molecular complexity index is 2260. The third kappa shape index (κ3) is 8.92. The maximum absolute atomic E-state index is 10.2. The van der Waals surface area contributed by atoms with Crippen LogP contribution >= 0.6 is 0 Å². The molecule has 0 radical (unpaired) electrons. The van der Waals surface area contributed by atoms with Gasteiger partial charge in [-0.1, -0.05) is 224 Å². The Kier molecular flexibility index (Phi) is 13.1. The maximum atomic E-state index is 10.2. The van der Waals surface area contributed by atoms with Crippen LogP contribution < -0.4 is 0 Å². The third-order valence-corrected chi connectivity index (χ3v) is 13.3. The Labute approximate surface area is 354 Å². The molecule has 5 unspecified atom stereocenters. The molecule has 0 fully saturated rings. The fourth-order valence-electron chi connectivity index (χ4n) is 9.53. The summed E-state index contributed by atoms with van der Waals surface area (Å²) in [5.41, 5.74) is 17.1. The molecule has 7 aromatic rings. The molecule has 7 aromatic carbocycles. The maximum Gasteiger partial charge on any atom is 0.0434 e. The zero-order valence-electron chi connectivity index (χ0n) is 36.2. The van der Waals surface area contributed by atoms with Crippen LogP contribution in [0, 0.1) is 0 Å². The van der Waals surface area contributed by atoms with Crippen LogP contribution in [0.4, 0.5) is 0 Å². The molecule has 1 heteroatoms. The van der Waals surface area contributed by atoms with Gasteiger partial charge < -0.3 is 5.11 Å². The number of aliphatic hydroxyl groups is 1. The molecule has 0 saturated carbocycles. The predicted octanol–water partition coefficient (Wildman–Crippen LogP) is 14.7. The van der Waals surface area contributed by atoms with Gasteiger partial charge in [0.05, 0.1) is 0 Å². The summed E-state index contributed by atoms with van der Waals surface area (Å²) >= 11 is 0. The molecule has 1 nitrogen and oxygen atoms in total. The van der Waals surface area contributed by atoms with E-state index >= 15 is 0 Å². The minimum absolute atomic E-state index is 0.157. The normalized spacial score (nSPS) is 14.3. The number of hydrogen-bond donors (Lipinski definition) is 1. The number of benzene rings is 7. The average Bonchev–Trinajstić information content (AvgIpc) is 3.30. The molecule has 300 valence electrons. The molecule has 5 atom stereocenters. The summed E-state index contributed by atoms with van der Waals surface area (Å²) in [6.07, 6.45) is 1.55. The first-order chi connectivity index (χ1) is 28.6. The van der Waals surface area contributed by atoms with Crippen molar-refractivity contribution in [2.24, 2.45) is 0 Å². The standard InChI is InChI=1S/C58H62O/c1-40(45-24-13-8-14-25-45)50-36-55(43(4)48-30-19-11-20-31-48)57(56(37-50)44(5)49-32-21-12-22-33-49)58(6,7)51-38-53(41(2)46-26-15-9-16-27-46)52(34-23-35-59)54(39-51)42(3)47-28-17-10-18-29-47/h8-22,24-33,36-44,59H,23,34-35H2,1-7H3. The Morgan fingerprint density at radius 3 is 1.02 bits per heavy atom. The van der Waals surface area contributed by atoms with Crippen molar-refractivity contribution in [2.75, 3.05) is 6.61 Å². The topological polar surface area (TPSA) is 20.2 Å². The van der Waals surface area contributed by atoms with Crippen molar-refractivity contribution in [1.82, 2.24) is 0 Å². The first kappa shape index (κ1) is 41.7. The molecule has 1 N–H and O–H groups in total. The molecular formula is C58H62O. The summed E-state index contributed by atoms with van der Waals surface area (Å²) in [4.78, 5) is 0. The predicted molar refractivity (Wildman–Crippen MR) is 250 cm³/mol. The highest BCUT2D eigenvalue weighted by Gasteiger charge is 2.35. The lowest BCUT2D eigenvalue weighted by Gasteiger charge is -2.37.